The Bertz CT molecular complexity index is 595. The minimum Gasteiger partial charge on any atom is -0.309 e. The maximum absolute atomic E-state index is 12.1. The van der Waals surface area contributed by atoms with Gasteiger partial charge in [-0.2, -0.15) is 0 Å². The minimum absolute atomic E-state index is 0.0547. The van der Waals surface area contributed by atoms with Crippen LogP contribution in [0.1, 0.15) is 42.6 Å². The molecule has 3 rings (SSSR count). The average Bonchev–Trinajstić information content (AvgIpc) is 3.28. The lowest BCUT2D eigenvalue weighted by atomic mass is 9.83. The largest absolute Gasteiger partial charge is 0.309 e. The number of amides is 2. The van der Waals surface area contributed by atoms with E-state index in [-0.39, 0.29) is 11.9 Å². The second kappa shape index (κ2) is 5.15. The van der Waals surface area contributed by atoms with Crippen LogP contribution < -0.4 is 10.4 Å². The number of hydroxylamine groups is 1. The number of nitrogens with zero attached hydrogens (tertiary/aromatic N) is 1. The number of carbonyl (C=O) groups excluding carboxylic acids is 2. The second-order valence-electron chi connectivity index (χ2n) is 6.18. The molecule has 2 unspecified atom stereocenters. The van der Waals surface area contributed by atoms with Crippen LogP contribution in [0.5, 0.6) is 0 Å². The summed E-state index contributed by atoms with van der Waals surface area (Å²) >= 11 is 0. The molecule has 112 valence electrons. The molecule has 1 saturated carbocycles. The Balaban J connectivity index is 2.03. The van der Waals surface area contributed by atoms with Crippen molar-refractivity contribution in [3.8, 4) is 0 Å². The molecule has 1 aliphatic carbocycles. The van der Waals surface area contributed by atoms with E-state index in [0.717, 1.165) is 17.7 Å². The quantitative estimate of drug-likeness (QED) is 0.647. The Morgan fingerprint density at radius 2 is 2.05 bits per heavy atom. The van der Waals surface area contributed by atoms with Crippen molar-refractivity contribution in [3.05, 3.63) is 29.3 Å². The van der Waals surface area contributed by atoms with Gasteiger partial charge in [-0.3, -0.25) is 14.8 Å². The normalized spacial score (nSPS) is 24.4. The lowest BCUT2D eigenvalue weighted by Crippen LogP contribution is -2.48. The zero-order valence-electron chi connectivity index (χ0n) is 12.3. The van der Waals surface area contributed by atoms with Gasteiger partial charge in [-0.1, -0.05) is 6.92 Å². The molecule has 5 heteroatoms. The summed E-state index contributed by atoms with van der Waals surface area (Å²) in [6.07, 6.45) is 3.24. The van der Waals surface area contributed by atoms with Gasteiger partial charge >= 0.3 is 0 Å². The van der Waals surface area contributed by atoms with Crippen molar-refractivity contribution in [2.24, 2.45) is 11.8 Å². The molecule has 2 aliphatic rings. The van der Waals surface area contributed by atoms with Crippen molar-refractivity contribution in [2.75, 3.05) is 4.90 Å². The van der Waals surface area contributed by atoms with E-state index in [1.54, 1.807) is 24.5 Å². The SMILES string of the molecule is CC(=O)N1c2ccc(C(=O)NO)cc2CC(C)C1C1CC1. The van der Waals surface area contributed by atoms with Crippen LogP contribution in [0.2, 0.25) is 0 Å². The molecule has 1 aromatic rings. The summed E-state index contributed by atoms with van der Waals surface area (Å²) in [6, 6.07) is 5.52. The highest BCUT2D eigenvalue weighted by Gasteiger charge is 2.43. The van der Waals surface area contributed by atoms with Gasteiger partial charge in [-0.05, 0) is 54.9 Å². The van der Waals surface area contributed by atoms with Crippen LogP contribution in [0, 0.1) is 11.8 Å². The van der Waals surface area contributed by atoms with Crippen LogP contribution in [0.3, 0.4) is 0 Å². The number of hydrogen-bond donors (Lipinski definition) is 2. The summed E-state index contributed by atoms with van der Waals surface area (Å²) in [5, 5.41) is 8.74. The molecular formula is C16H20N2O3. The minimum atomic E-state index is -0.524. The zero-order valence-corrected chi connectivity index (χ0v) is 12.3. The second-order valence-corrected chi connectivity index (χ2v) is 6.18. The molecule has 1 heterocycles. The van der Waals surface area contributed by atoms with Gasteiger partial charge in [0.2, 0.25) is 5.91 Å². The first kappa shape index (κ1) is 14.1. The fourth-order valence-electron chi connectivity index (χ4n) is 3.57. The van der Waals surface area contributed by atoms with Crippen LogP contribution in [0.4, 0.5) is 5.69 Å². The fraction of sp³-hybridized carbons (Fsp3) is 0.500. The van der Waals surface area contributed by atoms with Gasteiger partial charge in [0.1, 0.15) is 0 Å². The summed E-state index contributed by atoms with van der Waals surface area (Å²) in [5.41, 5.74) is 3.97. The summed E-state index contributed by atoms with van der Waals surface area (Å²) in [5.74, 6) is 0.516. The van der Waals surface area contributed by atoms with Crippen LogP contribution >= 0.6 is 0 Å². The molecule has 1 fully saturated rings. The molecule has 0 saturated heterocycles. The van der Waals surface area contributed by atoms with Gasteiger partial charge < -0.3 is 4.90 Å². The van der Waals surface area contributed by atoms with Crippen LogP contribution in [0.15, 0.2) is 18.2 Å². The summed E-state index contributed by atoms with van der Waals surface area (Å²) < 4.78 is 0. The van der Waals surface area contributed by atoms with Gasteiger partial charge in [-0.25, -0.2) is 5.48 Å². The first-order valence-electron chi connectivity index (χ1n) is 7.40. The van der Waals surface area contributed by atoms with E-state index in [2.05, 4.69) is 6.92 Å². The predicted octanol–water partition coefficient (Wildman–Crippen LogP) is 2.13. The van der Waals surface area contributed by atoms with Gasteiger partial charge in [-0.15, -0.1) is 0 Å². The molecule has 0 bridgehead atoms. The Hall–Kier alpha value is -1.88. The number of carbonyl (C=O) groups is 2. The zero-order chi connectivity index (χ0) is 15.1. The van der Waals surface area contributed by atoms with E-state index in [1.807, 2.05) is 11.0 Å². The first-order valence-corrected chi connectivity index (χ1v) is 7.40. The molecule has 2 atom stereocenters. The van der Waals surface area contributed by atoms with Gasteiger partial charge in [0.25, 0.3) is 5.91 Å². The topological polar surface area (TPSA) is 69.6 Å². The lowest BCUT2D eigenvalue weighted by molar-refractivity contribution is -0.117. The number of hydrogen-bond acceptors (Lipinski definition) is 3. The number of benzene rings is 1. The van der Waals surface area contributed by atoms with E-state index in [0.29, 0.717) is 17.4 Å². The van der Waals surface area contributed by atoms with E-state index in [1.165, 1.54) is 12.8 Å². The van der Waals surface area contributed by atoms with Gasteiger partial charge in [0, 0.05) is 24.2 Å². The van der Waals surface area contributed by atoms with Crippen molar-refractivity contribution in [1.29, 1.82) is 0 Å². The molecule has 2 amide bonds. The highest BCUT2D eigenvalue weighted by atomic mass is 16.5. The Morgan fingerprint density at radius 3 is 2.62 bits per heavy atom. The summed E-state index contributed by atoms with van der Waals surface area (Å²) in [4.78, 5) is 25.6. The maximum Gasteiger partial charge on any atom is 0.274 e. The highest BCUT2D eigenvalue weighted by Crippen LogP contribution is 2.45. The van der Waals surface area contributed by atoms with E-state index >= 15 is 0 Å². The van der Waals surface area contributed by atoms with Crippen molar-refractivity contribution in [3.63, 3.8) is 0 Å². The molecule has 21 heavy (non-hydrogen) atoms. The van der Waals surface area contributed by atoms with Crippen molar-refractivity contribution in [1.82, 2.24) is 5.48 Å². The van der Waals surface area contributed by atoms with Crippen LogP contribution in [-0.4, -0.2) is 23.1 Å². The summed E-state index contributed by atoms with van der Waals surface area (Å²) in [7, 11) is 0. The Labute approximate surface area is 123 Å². The maximum atomic E-state index is 12.1. The van der Waals surface area contributed by atoms with E-state index < -0.39 is 5.91 Å². The fourth-order valence-corrected chi connectivity index (χ4v) is 3.57. The van der Waals surface area contributed by atoms with Crippen LogP contribution in [0.25, 0.3) is 0 Å². The number of fused-ring (bicyclic) bond motifs is 1. The highest BCUT2D eigenvalue weighted by molar-refractivity contribution is 5.97. The predicted molar refractivity (Wildman–Crippen MR) is 78.2 cm³/mol. The van der Waals surface area contributed by atoms with E-state index in [4.69, 9.17) is 5.21 Å². The first-order chi connectivity index (χ1) is 10.0. The molecule has 2 N–H and O–H groups in total. The molecular weight excluding hydrogens is 268 g/mol. The lowest BCUT2D eigenvalue weighted by Gasteiger charge is -2.41. The standard InChI is InChI=1S/C16H20N2O3/c1-9-7-13-8-12(16(20)17-21)5-6-14(13)18(10(2)19)15(9)11-3-4-11/h5-6,8-9,11,15,21H,3-4,7H2,1-2H3,(H,17,20). The third-order valence-corrected chi connectivity index (χ3v) is 4.57. The van der Waals surface area contributed by atoms with Crippen LogP contribution in [-0.2, 0) is 11.2 Å². The number of nitrogens with one attached hydrogen (secondary N) is 1. The number of anilines is 1. The Kier molecular flexibility index (Phi) is 3.45. The van der Waals surface area contributed by atoms with Crippen molar-refractivity contribution in [2.45, 2.75) is 39.2 Å². The monoisotopic (exact) mass is 288 g/mol. The smallest absolute Gasteiger partial charge is 0.274 e. The van der Waals surface area contributed by atoms with Gasteiger partial charge in [0.15, 0.2) is 0 Å². The molecule has 5 nitrogen and oxygen atoms in total. The van der Waals surface area contributed by atoms with E-state index in [9.17, 15) is 9.59 Å². The van der Waals surface area contributed by atoms with Crippen molar-refractivity contribution < 1.29 is 14.8 Å². The van der Waals surface area contributed by atoms with Gasteiger partial charge in [0.05, 0.1) is 0 Å². The number of rotatable bonds is 2. The average molecular weight is 288 g/mol. The van der Waals surface area contributed by atoms with Crippen molar-refractivity contribution >= 4 is 17.5 Å². The third kappa shape index (κ3) is 2.42. The molecule has 0 aromatic heterocycles. The molecule has 0 radical (unpaired) electrons. The third-order valence-electron chi connectivity index (χ3n) is 4.57. The molecule has 1 aromatic carbocycles. The molecule has 1 aliphatic heterocycles. The summed E-state index contributed by atoms with van der Waals surface area (Å²) in [6.45, 7) is 3.77. The molecule has 0 spiro atoms. The Morgan fingerprint density at radius 1 is 1.33 bits per heavy atom.